The Balaban J connectivity index is 1.91. The number of hydrogen-bond acceptors (Lipinski definition) is 2. The first-order valence-corrected chi connectivity index (χ1v) is 7.10. The van der Waals surface area contributed by atoms with Crippen LogP contribution in [0.15, 0.2) is 54.6 Å². The number of H-pyrrole nitrogens is 1. The van der Waals surface area contributed by atoms with Gasteiger partial charge in [0.2, 0.25) is 0 Å². The second kappa shape index (κ2) is 6.01. The second-order valence-corrected chi connectivity index (χ2v) is 5.11. The molecule has 1 aromatic heterocycles. The van der Waals surface area contributed by atoms with Crippen molar-refractivity contribution >= 4 is 12.2 Å². The van der Waals surface area contributed by atoms with Crippen LogP contribution in [0, 0.1) is 10.6 Å². The molecule has 2 aromatic carbocycles. The fourth-order valence-electron chi connectivity index (χ4n) is 2.26. The van der Waals surface area contributed by atoms with Crippen LogP contribution in [-0.2, 0) is 13.0 Å². The van der Waals surface area contributed by atoms with E-state index in [0.717, 1.165) is 6.42 Å². The number of benzene rings is 2. The zero-order chi connectivity index (χ0) is 14.7. The minimum absolute atomic E-state index is 0.299. The van der Waals surface area contributed by atoms with Gasteiger partial charge in [-0.25, -0.2) is 4.39 Å². The molecule has 0 aliphatic carbocycles. The molecule has 0 bridgehead atoms. The van der Waals surface area contributed by atoms with Gasteiger partial charge < -0.3 is 0 Å². The van der Waals surface area contributed by atoms with E-state index in [2.05, 4.69) is 22.3 Å². The summed E-state index contributed by atoms with van der Waals surface area (Å²) in [5.41, 5.74) is 1.66. The van der Waals surface area contributed by atoms with Gasteiger partial charge in [0.15, 0.2) is 10.6 Å². The Morgan fingerprint density at radius 3 is 2.52 bits per heavy atom. The summed E-state index contributed by atoms with van der Waals surface area (Å²) in [7, 11) is 0. The van der Waals surface area contributed by atoms with Crippen LogP contribution >= 0.6 is 12.2 Å². The van der Waals surface area contributed by atoms with Crippen LogP contribution < -0.4 is 0 Å². The molecule has 0 saturated heterocycles. The van der Waals surface area contributed by atoms with Gasteiger partial charge in [0, 0.05) is 6.54 Å². The first kappa shape index (κ1) is 13.7. The molecular formula is C16H14FN3S. The minimum Gasteiger partial charge on any atom is -0.300 e. The second-order valence-electron chi connectivity index (χ2n) is 4.72. The number of nitrogens with zero attached hydrogens (tertiary/aromatic N) is 2. The van der Waals surface area contributed by atoms with E-state index in [9.17, 15) is 4.39 Å². The Morgan fingerprint density at radius 2 is 1.76 bits per heavy atom. The Morgan fingerprint density at radius 1 is 1.05 bits per heavy atom. The molecule has 0 aliphatic rings. The number of nitrogens with one attached hydrogen (secondary N) is 1. The third kappa shape index (κ3) is 2.92. The van der Waals surface area contributed by atoms with E-state index in [1.54, 1.807) is 18.2 Å². The SMILES string of the molecule is Fc1ccccc1-c1n[nH]c(=S)n1CCc1ccccc1. The molecule has 0 aliphatic heterocycles. The van der Waals surface area contributed by atoms with Crippen LogP contribution in [0.2, 0.25) is 0 Å². The largest absolute Gasteiger partial charge is 0.300 e. The van der Waals surface area contributed by atoms with Crippen molar-refractivity contribution in [3.8, 4) is 11.4 Å². The van der Waals surface area contributed by atoms with Crippen molar-refractivity contribution in [3.05, 3.63) is 70.7 Å². The standard InChI is InChI=1S/C16H14FN3S/c17-14-9-5-4-8-13(14)15-18-19-16(21)20(15)11-10-12-6-2-1-3-7-12/h1-9H,10-11H2,(H,19,21). The monoisotopic (exact) mass is 299 g/mol. The number of halogens is 1. The zero-order valence-corrected chi connectivity index (χ0v) is 12.1. The molecule has 0 amide bonds. The summed E-state index contributed by atoms with van der Waals surface area (Å²) in [6, 6.07) is 16.7. The summed E-state index contributed by atoms with van der Waals surface area (Å²) < 4.78 is 16.3. The summed E-state index contributed by atoms with van der Waals surface area (Å²) in [6.07, 6.45) is 0.816. The normalized spacial score (nSPS) is 10.7. The highest BCUT2D eigenvalue weighted by Gasteiger charge is 2.12. The molecule has 0 unspecified atom stereocenters. The number of hydrogen-bond donors (Lipinski definition) is 1. The van der Waals surface area contributed by atoms with E-state index in [4.69, 9.17) is 12.2 Å². The van der Waals surface area contributed by atoms with Gasteiger partial charge in [0.05, 0.1) is 5.56 Å². The molecule has 106 valence electrons. The molecule has 0 atom stereocenters. The fraction of sp³-hybridized carbons (Fsp3) is 0.125. The highest BCUT2D eigenvalue weighted by atomic mass is 32.1. The van der Waals surface area contributed by atoms with Crippen molar-refractivity contribution in [3.63, 3.8) is 0 Å². The van der Waals surface area contributed by atoms with Crippen molar-refractivity contribution in [2.75, 3.05) is 0 Å². The van der Waals surface area contributed by atoms with Crippen LogP contribution in [0.5, 0.6) is 0 Å². The maximum Gasteiger partial charge on any atom is 0.195 e. The Bertz CT molecular complexity index is 793. The average Bonchev–Trinajstić information content (AvgIpc) is 2.88. The van der Waals surface area contributed by atoms with E-state index >= 15 is 0 Å². The molecule has 0 spiro atoms. The third-order valence-corrected chi connectivity index (χ3v) is 3.65. The van der Waals surface area contributed by atoms with Gasteiger partial charge in [-0.2, -0.15) is 5.10 Å². The van der Waals surface area contributed by atoms with Gasteiger partial charge in [0.1, 0.15) is 5.82 Å². The molecular weight excluding hydrogens is 285 g/mol. The topological polar surface area (TPSA) is 33.6 Å². The first-order valence-electron chi connectivity index (χ1n) is 6.70. The first-order chi connectivity index (χ1) is 10.3. The molecule has 3 rings (SSSR count). The van der Waals surface area contributed by atoms with E-state index in [-0.39, 0.29) is 5.82 Å². The number of aromatic amines is 1. The van der Waals surface area contributed by atoms with E-state index in [1.807, 2.05) is 22.8 Å². The maximum atomic E-state index is 13.9. The van der Waals surface area contributed by atoms with Gasteiger partial charge >= 0.3 is 0 Å². The Labute approximate surface area is 127 Å². The minimum atomic E-state index is -0.299. The lowest BCUT2D eigenvalue weighted by atomic mass is 10.1. The Kier molecular flexibility index (Phi) is 3.92. The van der Waals surface area contributed by atoms with Crippen LogP contribution in [0.25, 0.3) is 11.4 Å². The van der Waals surface area contributed by atoms with Crippen molar-refractivity contribution in [1.29, 1.82) is 0 Å². The Hall–Kier alpha value is -2.27. The summed E-state index contributed by atoms with van der Waals surface area (Å²) in [5, 5.41) is 6.91. The van der Waals surface area contributed by atoms with Crippen molar-refractivity contribution in [1.82, 2.24) is 14.8 Å². The lowest BCUT2D eigenvalue weighted by molar-refractivity contribution is 0.624. The van der Waals surface area contributed by atoms with Crippen molar-refractivity contribution in [2.45, 2.75) is 13.0 Å². The molecule has 1 N–H and O–H groups in total. The lowest BCUT2D eigenvalue weighted by Crippen LogP contribution is -2.04. The quantitative estimate of drug-likeness (QED) is 0.739. The van der Waals surface area contributed by atoms with E-state index in [0.29, 0.717) is 22.7 Å². The van der Waals surface area contributed by atoms with Gasteiger partial charge in [-0.3, -0.25) is 9.67 Å². The smallest absolute Gasteiger partial charge is 0.195 e. The maximum absolute atomic E-state index is 13.9. The van der Waals surface area contributed by atoms with E-state index in [1.165, 1.54) is 11.6 Å². The molecule has 5 heteroatoms. The van der Waals surface area contributed by atoms with Crippen molar-refractivity contribution in [2.24, 2.45) is 0 Å². The molecule has 1 heterocycles. The number of aromatic nitrogens is 3. The van der Waals surface area contributed by atoms with Crippen LogP contribution in [0.1, 0.15) is 5.56 Å². The van der Waals surface area contributed by atoms with Crippen LogP contribution in [0.4, 0.5) is 4.39 Å². The average molecular weight is 299 g/mol. The van der Waals surface area contributed by atoms with Crippen LogP contribution in [-0.4, -0.2) is 14.8 Å². The molecule has 3 nitrogen and oxygen atoms in total. The highest BCUT2D eigenvalue weighted by Crippen LogP contribution is 2.21. The van der Waals surface area contributed by atoms with Gasteiger partial charge in [-0.05, 0) is 36.3 Å². The zero-order valence-electron chi connectivity index (χ0n) is 11.3. The molecule has 21 heavy (non-hydrogen) atoms. The third-order valence-electron chi connectivity index (χ3n) is 3.34. The fourth-order valence-corrected chi connectivity index (χ4v) is 2.48. The lowest BCUT2D eigenvalue weighted by Gasteiger charge is -2.07. The predicted molar refractivity (Wildman–Crippen MR) is 83.0 cm³/mol. The summed E-state index contributed by atoms with van der Waals surface area (Å²) in [6.45, 7) is 0.656. The predicted octanol–water partition coefficient (Wildman–Crippen LogP) is 3.99. The molecule has 0 fully saturated rings. The van der Waals surface area contributed by atoms with Gasteiger partial charge in [0.25, 0.3) is 0 Å². The number of aryl methyl sites for hydroxylation is 1. The van der Waals surface area contributed by atoms with E-state index < -0.39 is 0 Å². The summed E-state index contributed by atoms with van der Waals surface area (Å²) in [5.74, 6) is 0.237. The molecule has 3 aromatic rings. The van der Waals surface area contributed by atoms with Gasteiger partial charge in [-0.1, -0.05) is 42.5 Å². The highest BCUT2D eigenvalue weighted by molar-refractivity contribution is 7.71. The molecule has 0 radical (unpaired) electrons. The molecule has 0 saturated carbocycles. The van der Waals surface area contributed by atoms with Crippen LogP contribution in [0.3, 0.4) is 0 Å². The van der Waals surface area contributed by atoms with Crippen molar-refractivity contribution < 1.29 is 4.39 Å². The van der Waals surface area contributed by atoms with Gasteiger partial charge in [-0.15, -0.1) is 0 Å². The number of rotatable bonds is 4. The summed E-state index contributed by atoms with van der Waals surface area (Å²) >= 11 is 5.25. The summed E-state index contributed by atoms with van der Waals surface area (Å²) in [4.78, 5) is 0.